The van der Waals surface area contributed by atoms with Gasteiger partial charge in [0.25, 0.3) is 11.7 Å². The molecule has 7 heteroatoms. The lowest BCUT2D eigenvalue weighted by Crippen LogP contribution is -2.29. The largest absolute Gasteiger partial charge is 0.507 e. The van der Waals surface area contributed by atoms with E-state index in [4.69, 9.17) is 9.47 Å². The average molecular weight is 445 g/mol. The van der Waals surface area contributed by atoms with Crippen LogP contribution >= 0.6 is 0 Å². The van der Waals surface area contributed by atoms with Crippen molar-refractivity contribution in [3.8, 4) is 11.5 Å². The molecule has 1 unspecified atom stereocenters. The molecule has 0 aliphatic carbocycles. The van der Waals surface area contributed by atoms with Crippen molar-refractivity contribution in [2.24, 2.45) is 0 Å². The Morgan fingerprint density at radius 2 is 1.70 bits per heavy atom. The second-order valence-electron chi connectivity index (χ2n) is 7.81. The van der Waals surface area contributed by atoms with Gasteiger partial charge in [-0.05, 0) is 60.0 Å². The maximum atomic E-state index is 13.6. The Bertz CT molecular complexity index is 1280. The zero-order valence-corrected chi connectivity index (χ0v) is 17.7. The topological polar surface area (TPSA) is 76.1 Å². The number of anilines is 1. The molecule has 1 saturated heterocycles. The lowest BCUT2D eigenvalue weighted by atomic mass is 9.95. The van der Waals surface area contributed by atoms with Gasteiger partial charge in [0.2, 0.25) is 6.79 Å². The summed E-state index contributed by atoms with van der Waals surface area (Å²) in [4.78, 5) is 27.7. The van der Waals surface area contributed by atoms with Crippen molar-refractivity contribution in [2.75, 3.05) is 11.7 Å². The lowest BCUT2D eigenvalue weighted by molar-refractivity contribution is -0.132. The minimum absolute atomic E-state index is 0.0628. The zero-order valence-electron chi connectivity index (χ0n) is 17.7. The molecular weight excluding hydrogens is 425 g/mol. The number of ether oxygens (including phenoxy) is 2. The van der Waals surface area contributed by atoms with E-state index in [0.29, 0.717) is 28.3 Å². The van der Waals surface area contributed by atoms with Crippen molar-refractivity contribution in [2.45, 2.75) is 19.4 Å². The molecular formula is C26H20FNO5. The molecule has 1 fully saturated rings. The first-order valence-electron chi connectivity index (χ1n) is 10.5. The summed E-state index contributed by atoms with van der Waals surface area (Å²) < 4.78 is 24.3. The first-order valence-corrected chi connectivity index (χ1v) is 10.5. The van der Waals surface area contributed by atoms with Crippen molar-refractivity contribution in [3.05, 3.63) is 94.8 Å². The standard InChI is InChI=1S/C26H20FNO5/c1-2-15-3-10-19(11-4-15)28-23(16-5-8-18(27)9-6-16)22(25(30)26(28)31)24(29)17-7-12-20-21(13-17)33-14-32-20/h3-13,23,29H,2,14H2,1H3/b24-22-. The van der Waals surface area contributed by atoms with Crippen LogP contribution in [0.15, 0.2) is 72.3 Å². The van der Waals surface area contributed by atoms with Gasteiger partial charge in [-0.25, -0.2) is 4.39 Å². The third-order valence-corrected chi connectivity index (χ3v) is 5.90. The van der Waals surface area contributed by atoms with Crippen molar-refractivity contribution in [3.63, 3.8) is 0 Å². The average Bonchev–Trinajstić information content (AvgIpc) is 3.41. The molecule has 3 aromatic rings. The fourth-order valence-electron chi connectivity index (χ4n) is 4.15. The number of rotatable bonds is 4. The molecule has 33 heavy (non-hydrogen) atoms. The molecule has 2 heterocycles. The summed E-state index contributed by atoms with van der Waals surface area (Å²) in [7, 11) is 0. The van der Waals surface area contributed by atoms with Crippen molar-refractivity contribution >= 4 is 23.1 Å². The Balaban J connectivity index is 1.68. The maximum absolute atomic E-state index is 13.6. The Kier molecular flexibility index (Phi) is 5.09. The van der Waals surface area contributed by atoms with Gasteiger partial charge in [0.1, 0.15) is 11.6 Å². The number of aryl methyl sites for hydroxylation is 1. The van der Waals surface area contributed by atoms with Crippen molar-refractivity contribution < 1.29 is 28.6 Å². The Morgan fingerprint density at radius 3 is 2.39 bits per heavy atom. The van der Waals surface area contributed by atoms with E-state index in [1.54, 1.807) is 30.3 Å². The van der Waals surface area contributed by atoms with E-state index in [0.717, 1.165) is 12.0 Å². The highest BCUT2D eigenvalue weighted by molar-refractivity contribution is 6.51. The molecule has 1 N–H and O–H groups in total. The van der Waals surface area contributed by atoms with Crippen LogP contribution in [0.5, 0.6) is 11.5 Å². The van der Waals surface area contributed by atoms with E-state index in [2.05, 4.69) is 0 Å². The number of amides is 1. The van der Waals surface area contributed by atoms with Gasteiger partial charge in [-0.1, -0.05) is 31.2 Å². The van der Waals surface area contributed by atoms with Crippen LogP contribution in [0, 0.1) is 5.82 Å². The lowest BCUT2D eigenvalue weighted by Gasteiger charge is -2.25. The van der Waals surface area contributed by atoms with Gasteiger partial charge in [-0.2, -0.15) is 0 Å². The van der Waals surface area contributed by atoms with Gasteiger partial charge in [-0.15, -0.1) is 0 Å². The molecule has 0 spiro atoms. The Morgan fingerprint density at radius 1 is 1.00 bits per heavy atom. The molecule has 5 rings (SSSR count). The molecule has 0 saturated carbocycles. The van der Waals surface area contributed by atoms with Crippen LogP contribution in [0.2, 0.25) is 0 Å². The minimum atomic E-state index is -0.927. The van der Waals surface area contributed by atoms with Crippen LogP contribution in [0.4, 0.5) is 10.1 Å². The molecule has 0 radical (unpaired) electrons. The molecule has 1 amide bonds. The molecule has 2 aliphatic rings. The predicted molar refractivity (Wildman–Crippen MR) is 120 cm³/mol. The van der Waals surface area contributed by atoms with Gasteiger partial charge >= 0.3 is 0 Å². The number of carbonyl (C=O) groups is 2. The van der Waals surface area contributed by atoms with Gasteiger partial charge in [0, 0.05) is 11.3 Å². The summed E-state index contributed by atoms with van der Waals surface area (Å²) in [5.41, 5.74) is 2.32. The highest BCUT2D eigenvalue weighted by atomic mass is 19.1. The van der Waals surface area contributed by atoms with E-state index in [1.165, 1.54) is 29.2 Å². The number of Topliss-reactive ketones (excluding diaryl/α,β-unsaturated/α-hetero) is 1. The number of benzene rings is 3. The third-order valence-electron chi connectivity index (χ3n) is 5.90. The number of ketones is 1. The smallest absolute Gasteiger partial charge is 0.300 e. The van der Waals surface area contributed by atoms with Crippen LogP contribution in [-0.2, 0) is 16.0 Å². The van der Waals surface area contributed by atoms with E-state index in [-0.39, 0.29) is 18.1 Å². The van der Waals surface area contributed by atoms with Crippen LogP contribution in [-0.4, -0.2) is 23.6 Å². The Labute approximate surface area is 189 Å². The zero-order chi connectivity index (χ0) is 23.1. The fourth-order valence-corrected chi connectivity index (χ4v) is 4.15. The van der Waals surface area contributed by atoms with Gasteiger partial charge in [0.15, 0.2) is 11.5 Å². The summed E-state index contributed by atoms with van der Waals surface area (Å²) in [6.07, 6.45) is 0.824. The van der Waals surface area contributed by atoms with Crippen molar-refractivity contribution in [1.82, 2.24) is 0 Å². The number of hydrogen-bond acceptors (Lipinski definition) is 5. The van der Waals surface area contributed by atoms with Gasteiger partial charge < -0.3 is 14.6 Å². The molecule has 2 aliphatic heterocycles. The summed E-state index contributed by atoms with van der Waals surface area (Å²) in [6.45, 7) is 2.08. The molecule has 6 nitrogen and oxygen atoms in total. The van der Waals surface area contributed by atoms with Crippen LogP contribution in [0.1, 0.15) is 29.7 Å². The van der Waals surface area contributed by atoms with E-state index in [9.17, 15) is 19.1 Å². The third kappa shape index (κ3) is 3.51. The number of hydrogen-bond donors (Lipinski definition) is 1. The SMILES string of the molecule is CCc1ccc(N2C(=O)C(=O)/C(=C(\O)c3ccc4c(c3)OCO4)C2c2ccc(F)cc2)cc1. The number of fused-ring (bicyclic) bond motifs is 1. The predicted octanol–water partition coefficient (Wildman–Crippen LogP) is 4.74. The fraction of sp³-hybridized carbons (Fsp3) is 0.154. The first-order chi connectivity index (χ1) is 16.0. The van der Waals surface area contributed by atoms with Gasteiger partial charge in [0.05, 0.1) is 11.6 Å². The molecule has 166 valence electrons. The monoisotopic (exact) mass is 445 g/mol. The van der Waals surface area contributed by atoms with E-state index >= 15 is 0 Å². The summed E-state index contributed by atoms with van der Waals surface area (Å²) in [5, 5.41) is 11.2. The number of nitrogens with zero attached hydrogens (tertiary/aromatic N) is 1. The van der Waals surface area contributed by atoms with Crippen LogP contribution < -0.4 is 14.4 Å². The summed E-state index contributed by atoms with van der Waals surface area (Å²) >= 11 is 0. The highest BCUT2D eigenvalue weighted by Gasteiger charge is 2.47. The molecule has 0 bridgehead atoms. The molecule has 1 atom stereocenters. The Hall–Kier alpha value is -4.13. The van der Waals surface area contributed by atoms with Crippen LogP contribution in [0.25, 0.3) is 5.76 Å². The van der Waals surface area contributed by atoms with Gasteiger partial charge in [-0.3, -0.25) is 14.5 Å². The second kappa shape index (κ2) is 8.09. The van der Waals surface area contributed by atoms with E-state index in [1.807, 2.05) is 19.1 Å². The number of halogens is 1. The molecule has 0 aromatic heterocycles. The summed E-state index contributed by atoms with van der Waals surface area (Å²) in [6, 6.07) is 16.7. The quantitative estimate of drug-likeness (QED) is 0.357. The normalized spacial score (nSPS) is 18.7. The number of aliphatic hydroxyl groups is 1. The summed E-state index contributed by atoms with van der Waals surface area (Å²) in [5.74, 6) is -1.41. The van der Waals surface area contributed by atoms with E-state index < -0.39 is 23.5 Å². The number of aliphatic hydroxyl groups excluding tert-OH is 1. The molecule has 3 aromatic carbocycles. The second-order valence-corrected chi connectivity index (χ2v) is 7.81. The minimum Gasteiger partial charge on any atom is -0.507 e. The maximum Gasteiger partial charge on any atom is 0.300 e. The van der Waals surface area contributed by atoms with Crippen LogP contribution in [0.3, 0.4) is 0 Å². The number of carbonyl (C=O) groups excluding carboxylic acids is 2. The highest BCUT2D eigenvalue weighted by Crippen LogP contribution is 2.43. The van der Waals surface area contributed by atoms with Crippen molar-refractivity contribution in [1.29, 1.82) is 0 Å². The first kappa shape index (κ1) is 20.8.